The lowest BCUT2D eigenvalue weighted by atomic mass is 10.1. The third kappa shape index (κ3) is 3.98. The fourth-order valence-corrected chi connectivity index (χ4v) is 4.63. The van der Waals surface area contributed by atoms with Crippen LogP contribution in [0.4, 0.5) is 0 Å². The highest BCUT2D eigenvalue weighted by molar-refractivity contribution is 7.99. The van der Waals surface area contributed by atoms with Crippen molar-refractivity contribution in [3.8, 4) is 0 Å². The highest BCUT2D eigenvalue weighted by Crippen LogP contribution is 2.18. The molecule has 1 aliphatic rings. The van der Waals surface area contributed by atoms with Gasteiger partial charge in [0.25, 0.3) is 0 Å². The Balaban J connectivity index is 2.02. The van der Waals surface area contributed by atoms with E-state index >= 15 is 0 Å². The van der Waals surface area contributed by atoms with Gasteiger partial charge in [-0.3, -0.25) is 0 Å². The molecule has 1 unspecified atom stereocenters. The van der Waals surface area contributed by atoms with E-state index in [4.69, 9.17) is 5.11 Å². The van der Waals surface area contributed by atoms with Crippen molar-refractivity contribution in [1.82, 2.24) is 4.72 Å². The van der Waals surface area contributed by atoms with E-state index in [-0.39, 0.29) is 18.4 Å². The van der Waals surface area contributed by atoms with Crippen LogP contribution in [0.15, 0.2) is 24.3 Å². The Labute approximate surface area is 112 Å². The molecule has 1 atom stereocenters. The summed E-state index contributed by atoms with van der Waals surface area (Å²) in [4.78, 5) is 0. The maximum absolute atomic E-state index is 12.0. The van der Waals surface area contributed by atoms with Gasteiger partial charge >= 0.3 is 0 Å². The van der Waals surface area contributed by atoms with Crippen molar-refractivity contribution in [3.63, 3.8) is 0 Å². The first-order valence-electron chi connectivity index (χ1n) is 5.85. The molecule has 1 aliphatic heterocycles. The molecular weight excluding hydrogens is 270 g/mol. The minimum atomic E-state index is -3.29. The molecule has 2 N–H and O–H groups in total. The van der Waals surface area contributed by atoms with E-state index < -0.39 is 10.0 Å². The summed E-state index contributed by atoms with van der Waals surface area (Å²) in [7, 11) is -3.29. The lowest BCUT2D eigenvalue weighted by Gasteiger charge is -2.12. The molecule has 0 bridgehead atoms. The summed E-state index contributed by atoms with van der Waals surface area (Å²) < 4.78 is 26.7. The van der Waals surface area contributed by atoms with Gasteiger partial charge in [-0.05, 0) is 23.3 Å². The van der Waals surface area contributed by atoms with Crippen LogP contribution in [0.2, 0.25) is 0 Å². The molecule has 0 radical (unpaired) electrons. The Morgan fingerprint density at radius 1 is 1.39 bits per heavy atom. The standard InChI is InChI=1S/C12H17NO3S2/c14-7-10-2-1-3-11(6-10)9-18(15,16)13-12-4-5-17-8-12/h1-3,6,12-14H,4-5,7-9H2. The van der Waals surface area contributed by atoms with E-state index in [0.29, 0.717) is 5.56 Å². The molecule has 1 aromatic rings. The van der Waals surface area contributed by atoms with E-state index in [1.54, 1.807) is 36.0 Å². The van der Waals surface area contributed by atoms with E-state index in [1.807, 2.05) is 0 Å². The van der Waals surface area contributed by atoms with Gasteiger partial charge in [-0.25, -0.2) is 13.1 Å². The van der Waals surface area contributed by atoms with Crippen LogP contribution in [-0.4, -0.2) is 31.1 Å². The Hall–Kier alpha value is -0.560. The topological polar surface area (TPSA) is 66.4 Å². The van der Waals surface area contributed by atoms with Crippen molar-refractivity contribution < 1.29 is 13.5 Å². The van der Waals surface area contributed by atoms with Crippen LogP contribution in [0.3, 0.4) is 0 Å². The second-order valence-electron chi connectivity index (χ2n) is 4.42. The fourth-order valence-electron chi connectivity index (χ4n) is 1.96. The first-order valence-corrected chi connectivity index (χ1v) is 8.66. The molecule has 1 fully saturated rings. The van der Waals surface area contributed by atoms with Crippen LogP contribution in [0.1, 0.15) is 17.5 Å². The molecule has 0 spiro atoms. The molecule has 1 aromatic carbocycles. The number of nitrogens with one attached hydrogen (secondary N) is 1. The molecule has 2 rings (SSSR count). The molecule has 18 heavy (non-hydrogen) atoms. The lowest BCUT2D eigenvalue weighted by molar-refractivity contribution is 0.282. The predicted molar refractivity (Wildman–Crippen MR) is 73.9 cm³/mol. The summed E-state index contributed by atoms with van der Waals surface area (Å²) in [6, 6.07) is 7.10. The molecule has 0 amide bonds. The van der Waals surface area contributed by atoms with Gasteiger partial charge < -0.3 is 5.11 Å². The molecule has 100 valence electrons. The Morgan fingerprint density at radius 2 is 2.17 bits per heavy atom. The van der Waals surface area contributed by atoms with Crippen LogP contribution in [0.5, 0.6) is 0 Å². The summed E-state index contributed by atoms with van der Waals surface area (Å²) in [6.07, 6.45) is 0.903. The normalized spacial score (nSPS) is 20.2. The number of sulfonamides is 1. The number of thioether (sulfide) groups is 1. The molecule has 0 saturated carbocycles. The van der Waals surface area contributed by atoms with E-state index in [0.717, 1.165) is 23.5 Å². The van der Waals surface area contributed by atoms with Crippen LogP contribution in [0.25, 0.3) is 0 Å². The number of hydrogen-bond donors (Lipinski definition) is 2. The average molecular weight is 287 g/mol. The van der Waals surface area contributed by atoms with E-state index in [2.05, 4.69) is 4.72 Å². The number of hydrogen-bond acceptors (Lipinski definition) is 4. The van der Waals surface area contributed by atoms with Crippen molar-refractivity contribution in [1.29, 1.82) is 0 Å². The number of aliphatic hydroxyl groups excluding tert-OH is 1. The predicted octanol–water partition coefficient (Wildman–Crippen LogP) is 1.10. The monoisotopic (exact) mass is 287 g/mol. The molecule has 0 aromatic heterocycles. The SMILES string of the molecule is O=S(=O)(Cc1cccc(CO)c1)NC1CCSC1. The van der Waals surface area contributed by atoms with Crippen LogP contribution < -0.4 is 4.72 Å². The smallest absolute Gasteiger partial charge is 0.216 e. The maximum Gasteiger partial charge on any atom is 0.216 e. The molecule has 1 heterocycles. The Morgan fingerprint density at radius 3 is 2.83 bits per heavy atom. The highest BCUT2D eigenvalue weighted by atomic mass is 32.2. The zero-order valence-electron chi connectivity index (χ0n) is 10.0. The van der Waals surface area contributed by atoms with Crippen molar-refractivity contribution in [2.45, 2.75) is 24.8 Å². The third-order valence-corrected chi connectivity index (χ3v) is 5.37. The summed E-state index contributed by atoms with van der Waals surface area (Å²) in [5.74, 6) is 1.85. The van der Waals surface area contributed by atoms with E-state index in [1.165, 1.54) is 0 Å². The van der Waals surface area contributed by atoms with Crippen molar-refractivity contribution >= 4 is 21.8 Å². The zero-order chi connectivity index (χ0) is 13.0. The quantitative estimate of drug-likeness (QED) is 0.851. The van der Waals surface area contributed by atoms with Gasteiger partial charge in [-0.2, -0.15) is 11.8 Å². The molecule has 6 heteroatoms. The van der Waals surface area contributed by atoms with Gasteiger partial charge in [0.05, 0.1) is 12.4 Å². The molecule has 4 nitrogen and oxygen atoms in total. The minimum absolute atomic E-state index is 0.0258. The lowest BCUT2D eigenvalue weighted by Crippen LogP contribution is -2.35. The van der Waals surface area contributed by atoms with Gasteiger partial charge in [0.2, 0.25) is 10.0 Å². The average Bonchev–Trinajstić information content (AvgIpc) is 2.80. The highest BCUT2D eigenvalue weighted by Gasteiger charge is 2.21. The van der Waals surface area contributed by atoms with Crippen LogP contribution in [0, 0.1) is 0 Å². The second kappa shape index (κ2) is 6.06. The summed E-state index contributed by atoms with van der Waals surface area (Å²) >= 11 is 1.78. The third-order valence-electron chi connectivity index (χ3n) is 2.81. The molecule has 0 aliphatic carbocycles. The number of benzene rings is 1. The zero-order valence-corrected chi connectivity index (χ0v) is 11.6. The fraction of sp³-hybridized carbons (Fsp3) is 0.500. The number of aliphatic hydroxyl groups is 1. The van der Waals surface area contributed by atoms with Crippen molar-refractivity contribution in [3.05, 3.63) is 35.4 Å². The Bertz CT molecular complexity index is 496. The molecule has 1 saturated heterocycles. The van der Waals surface area contributed by atoms with Gasteiger partial charge in [0.15, 0.2) is 0 Å². The Kier molecular flexibility index (Phi) is 4.66. The maximum atomic E-state index is 12.0. The second-order valence-corrected chi connectivity index (χ2v) is 7.32. The first-order chi connectivity index (χ1) is 8.59. The first kappa shape index (κ1) is 13.9. The van der Waals surface area contributed by atoms with Gasteiger partial charge in [0, 0.05) is 11.8 Å². The number of rotatable bonds is 5. The summed E-state index contributed by atoms with van der Waals surface area (Å²) in [5, 5.41) is 9.02. The minimum Gasteiger partial charge on any atom is -0.392 e. The van der Waals surface area contributed by atoms with Gasteiger partial charge in [0.1, 0.15) is 0 Å². The van der Waals surface area contributed by atoms with Crippen molar-refractivity contribution in [2.75, 3.05) is 11.5 Å². The van der Waals surface area contributed by atoms with Gasteiger partial charge in [-0.1, -0.05) is 24.3 Å². The summed E-state index contributed by atoms with van der Waals surface area (Å²) in [5.41, 5.74) is 1.44. The van der Waals surface area contributed by atoms with Crippen molar-refractivity contribution in [2.24, 2.45) is 0 Å². The molecular formula is C12H17NO3S2. The summed E-state index contributed by atoms with van der Waals surface area (Å²) in [6.45, 7) is -0.0689. The largest absolute Gasteiger partial charge is 0.392 e. The van der Waals surface area contributed by atoms with Crippen LogP contribution >= 0.6 is 11.8 Å². The van der Waals surface area contributed by atoms with E-state index in [9.17, 15) is 8.42 Å². The van der Waals surface area contributed by atoms with Gasteiger partial charge in [-0.15, -0.1) is 0 Å². The van der Waals surface area contributed by atoms with Crippen LogP contribution in [-0.2, 0) is 22.4 Å².